The second-order valence-corrected chi connectivity index (χ2v) is 8.05. The lowest BCUT2D eigenvalue weighted by Gasteiger charge is -2.30. The number of hydrogen-bond acceptors (Lipinski definition) is 5. The highest BCUT2D eigenvalue weighted by atomic mass is 32.1. The van der Waals surface area contributed by atoms with Crippen molar-refractivity contribution in [1.82, 2.24) is 10.2 Å². The quantitative estimate of drug-likeness (QED) is 0.720. The summed E-state index contributed by atoms with van der Waals surface area (Å²) in [5.74, 6) is 1.12. The molecule has 1 aromatic carbocycles. The Kier molecular flexibility index (Phi) is 7.74. The van der Waals surface area contributed by atoms with E-state index in [1.165, 1.54) is 31.2 Å². The number of carbonyl (C=O) groups excluding carboxylic acids is 1. The third-order valence-electron chi connectivity index (χ3n) is 5.18. The van der Waals surface area contributed by atoms with Crippen LogP contribution in [0.15, 0.2) is 35.0 Å². The summed E-state index contributed by atoms with van der Waals surface area (Å²) in [7, 11) is 1.61. The second-order valence-electron chi connectivity index (χ2n) is 7.27. The van der Waals surface area contributed by atoms with Crippen LogP contribution in [0.3, 0.4) is 0 Å². The molecule has 1 aliphatic rings. The molecule has 1 N–H and O–H groups in total. The van der Waals surface area contributed by atoms with E-state index in [2.05, 4.69) is 27.0 Å². The van der Waals surface area contributed by atoms with Crippen LogP contribution in [-0.4, -0.2) is 44.2 Å². The average Bonchev–Trinajstić information content (AvgIpc) is 3.10. The normalized spacial score (nSPS) is 16.2. The molecule has 0 aliphatic carbocycles. The van der Waals surface area contributed by atoms with Gasteiger partial charge in [-0.3, -0.25) is 9.69 Å². The van der Waals surface area contributed by atoms with E-state index in [1.54, 1.807) is 18.4 Å². The van der Waals surface area contributed by atoms with Crippen LogP contribution in [-0.2, 0) is 4.79 Å². The van der Waals surface area contributed by atoms with Gasteiger partial charge < -0.3 is 14.8 Å². The van der Waals surface area contributed by atoms with E-state index in [-0.39, 0.29) is 18.6 Å². The Morgan fingerprint density at radius 3 is 2.64 bits per heavy atom. The summed E-state index contributed by atoms with van der Waals surface area (Å²) >= 11 is 1.71. The maximum atomic E-state index is 12.4. The zero-order chi connectivity index (χ0) is 19.8. The molecule has 0 bridgehead atoms. The van der Waals surface area contributed by atoms with Crippen LogP contribution in [0.25, 0.3) is 0 Å². The molecule has 152 valence electrons. The second kappa shape index (κ2) is 10.5. The van der Waals surface area contributed by atoms with E-state index in [9.17, 15) is 4.79 Å². The van der Waals surface area contributed by atoms with Gasteiger partial charge >= 0.3 is 0 Å². The molecular formula is C22H30N2O3S. The van der Waals surface area contributed by atoms with Gasteiger partial charge in [0.15, 0.2) is 18.1 Å². The van der Waals surface area contributed by atoms with Crippen molar-refractivity contribution in [3.8, 4) is 11.5 Å². The molecule has 1 amide bonds. The van der Waals surface area contributed by atoms with E-state index in [4.69, 9.17) is 9.47 Å². The summed E-state index contributed by atoms with van der Waals surface area (Å²) in [6, 6.07) is 8.08. The first-order valence-corrected chi connectivity index (χ1v) is 10.9. The topological polar surface area (TPSA) is 50.8 Å². The molecule has 28 heavy (non-hydrogen) atoms. The SMILES string of the molecule is COc1cc(C)ccc1OCC(=O)NCC(c1ccsc1)N1CCCCCC1. The van der Waals surface area contributed by atoms with E-state index < -0.39 is 0 Å². The molecule has 0 radical (unpaired) electrons. The fraction of sp³-hybridized carbons (Fsp3) is 0.500. The number of methoxy groups -OCH3 is 1. The molecular weight excluding hydrogens is 372 g/mol. The van der Waals surface area contributed by atoms with E-state index in [1.807, 2.05) is 25.1 Å². The van der Waals surface area contributed by atoms with Crippen molar-refractivity contribution >= 4 is 17.2 Å². The van der Waals surface area contributed by atoms with Crippen LogP contribution in [0.4, 0.5) is 0 Å². The van der Waals surface area contributed by atoms with Gasteiger partial charge in [-0.2, -0.15) is 11.3 Å². The highest BCUT2D eigenvalue weighted by molar-refractivity contribution is 7.07. The van der Waals surface area contributed by atoms with Crippen LogP contribution in [0.5, 0.6) is 11.5 Å². The first-order chi connectivity index (χ1) is 13.7. The van der Waals surface area contributed by atoms with Crippen molar-refractivity contribution in [3.63, 3.8) is 0 Å². The third-order valence-corrected chi connectivity index (χ3v) is 5.88. The Morgan fingerprint density at radius 2 is 1.96 bits per heavy atom. The molecule has 2 heterocycles. The lowest BCUT2D eigenvalue weighted by atomic mass is 10.1. The maximum absolute atomic E-state index is 12.4. The number of nitrogens with one attached hydrogen (secondary N) is 1. The number of benzene rings is 1. The molecule has 1 aromatic heterocycles. The standard InChI is InChI=1S/C22H30N2O3S/c1-17-7-8-20(21(13-17)26-2)27-15-22(25)23-14-19(18-9-12-28-16-18)24-10-5-3-4-6-11-24/h7-9,12-13,16,19H,3-6,10-11,14-15H2,1-2H3,(H,23,25). The monoisotopic (exact) mass is 402 g/mol. The van der Waals surface area contributed by atoms with Crippen molar-refractivity contribution < 1.29 is 14.3 Å². The van der Waals surface area contributed by atoms with Crippen LogP contribution in [0.2, 0.25) is 0 Å². The number of amides is 1. The summed E-state index contributed by atoms with van der Waals surface area (Å²) in [5.41, 5.74) is 2.37. The lowest BCUT2D eigenvalue weighted by Crippen LogP contribution is -2.40. The van der Waals surface area contributed by atoms with Crippen molar-refractivity contribution in [1.29, 1.82) is 0 Å². The first kappa shape index (κ1) is 20.7. The molecule has 0 saturated carbocycles. The highest BCUT2D eigenvalue weighted by Gasteiger charge is 2.22. The van der Waals surface area contributed by atoms with Gasteiger partial charge in [0.05, 0.1) is 13.2 Å². The minimum Gasteiger partial charge on any atom is -0.493 e. The molecule has 5 nitrogen and oxygen atoms in total. The predicted octanol–water partition coefficient (Wildman–Crippen LogP) is 4.18. The summed E-state index contributed by atoms with van der Waals surface area (Å²) in [6.45, 7) is 4.76. The molecule has 0 spiro atoms. The van der Waals surface area contributed by atoms with Gasteiger partial charge in [-0.15, -0.1) is 0 Å². The lowest BCUT2D eigenvalue weighted by molar-refractivity contribution is -0.123. The van der Waals surface area contributed by atoms with Gasteiger partial charge in [-0.25, -0.2) is 0 Å². The van der Waals surface area contributed by atoms with Crippen LogP contribution < -0.4 is 14.8 Å². The van der Waals surface area contributed by atoms with Crippen LogP contribution in [0.1, 0.15) is 42.9 Å². The summed E-state index contributed by atoms with van der Waals surface area (Å²) in [4.78, 5) is 14.9. The van der Waals surface area contributed by atoms with Gasteiger partial charge in [-0.1, -0.05) is 18.9 Å². The fourth-order valence-corrected chi connectivity index (χ4v) is 4.34. The minimum absolute atomic E-state index is 0.0181. The van der Waals surface area contributed by atoms with E-state index in [0.29, 0.717) is 18.0 Å². The molecule has 1 unspecified atom stereocenters. The zero-order valence-corrected chi connectivity index (χ0v) is 17.6. The highest BCUT2D eigenvalue weighted by Crippen LogP contribution is 2.28. The molecule has 1 aliphatic heterocycles. The Balaban J connectivity index is 1.56. The van der Waals surface area contributed by atoms with Gasteiger partial charge in [0, 0.05) is 6.54 Å². The predicted molar refractivity (Wildman–Crippen MR) is 113 cm³/mol. The van der Waals surface area contributed by atoms with Crippen LogP contribution >= 0.6 is 11.3 Å². The Bertz CT molecular complexity index is 740. The van der Waals surface area contributed by atoms with Gasteiger partial charge in [0.25, 0.3) is 5.91 Å². The third kappa shape index (κ3) is 5.72. The van der Waals surface area contributed by atoms with Crippen molar-refractivity contribution in [2.24, 2.45) is 0 Å². The van der Waals surface area contributed by atoms with Crippen molar-refractivity contribution in [2.45, 2.75) is 38.6 Å². The smallest absolute Gasteiger partial charge is 0.258 e. The molecule has 1 atom stereocenters. The number of thiophene rings is 1. The molecule has 1 fully saturated rings. The van der Waals surface area contributed by atoms with E-state index >= 15 is 0 Å². The van der Waals surface area contributed by atoms with E-state index in [0.717, 1.165) is 18.7 Å². The molecule has 1 saturated heterocycles. The molecule has 2 aromatic rings. The molecule has 6 heteroatoms. The van der Waals surface area contributed by atoms with Gasteiger partial charge in [0.1, 0.15) is 0 Å². The Morgan fingerprint density at radius 1 is 1.18 bits per heavy atom. The Hall–Kier alpha value is -2.05. The summed E-state index contributed by atoms with van der Waals surface area (Å²) < 4.78 is 11.0. The number of hydrogen-bond donors (Lipinski definition) is 1. The van der Waals surface area contributed by atoms with Gasteiger partial charge in [0.2, 0.25) is 0 Å². The van der Waals surface area contributed by atoms with Gasteiger partial charge in [-0.05, 0) is 72.9 Å². The average molecular weight is 403 g/mol. The molecule has 3 rings (SSSR count). The first-order valence-electron chi connectivity index (χ1n) is 9.97. The number of carbonyl (C=O) groups is 1. The van der Waals surface area contributed by atoms with Crippen molar-refractivity contribution in [2.75, 3.05) is 33.4 Å². The fourth-order valence-electron chi connectivity index (χ4n) is 3.63. The summed E-state index contributed by atoms with van der Waals surface area (Å²) in [5, 5.41) is 7.36. The largest absolute Gasteiger partial charge is 0.493 e. The number of rotatable bonds is 8. The number of nitrogens with zero attached hydrogens (tertiary/aromatic N) is 1. The zero-order valence-electron chi connectivity index (χ0n) is 16.8. The number of likely N-dealkylation sites (tertiary alicyclic amines) is 1. The van der Waals surface area contributed by atoms with Crippen LogP contribution in [0, 0.1) is 6.92 Å². The minimum atomic E-state index is -0.113. The number of aryl methyl sites for hydroxylation is 1. The number of ether oxygens (including phenoxy) is 2. The van der Waals surface area contributed by atoms with Crippen molar-refractivity contribution in [3.05, 3.63) is 46.2 Å². The Labute approximate surface area is 171 Å². The maximum Gasteiger partial charge on any atom is 0.258 e. The summed E-state index contributed by atoms with van der Waals surface area (Å²) in [6.07, 6.45) is 5.05.